The molecular formula is C21H25N3O4. The van der Waals surface area contributed by atoms with E-state index >= 15 is 0 Å². The van der Waals surface area contributed by atoms with Gasteiger partial charge in [-0.15, -0.1) is 0 Å². The molecule has 0 saturated heterocycles. The van der Waals surface area contributed by atoms with Crippen LogP contribution in [0.1, 0.15) is 36.7 Å². The topological polar surface area (TPSA) is 96.5 Å². The van der Waals surface area contributed by atoms with E-state index in [1.165, 1.54) is 0 Å². The van der Waals surface area contributed by atoms with E-state index < -0.39 is 11.8 Å². The highest BCUT2D eigenvalue weighted by atomic mass is 16.5. The molecule has 0 heterocycles. The first kappa shape index (κ1) is 21.0. The number of aryl methyl sites for hydroxylation is 1. The van der Waals surface area contributed by atoms with Crippen LogP contribution in [0.15, 0.2) is 48.5 Å². The average Bonchev–Trinajstić information content (AvgIpc) is 2.71. The summed E-state index contributed by atoms with van der Waals surface area (Å²) < 4.78 is 5.42. The largest absolute Gasteiger partial charge is 0.484 e. The zero-order valence-electron chi connectivity index (χ0n) is 16.2. The van der Waals surface area contributed by atoms with Gasteiger partial charge >= 0.3 is 0 Å². The van der Waals surface area contributed by atoms with E-state index in [-0.39, 0.29) is 18.4 Å². The van der Waals surface area contributed by atoms with Crippen LogP contribution in [0.5, 0.6) is 5.75 Å². The summed E-state index contributed by atoms with van der Waals surface area (Å²) in [6.45, 7) is 5.41. The number of hydrogen-bond acceptors (Lipinski definition) is 4. The molecule has 0 radical (unpaired) electrons. The lowest BCUT2D eigenvalue weighted by Crippen LogP contribution is -2.43. The van der Waals surface area contributed by atoms with Crippen molar-refractivity contribution in [3.8, 4) is 5.75 Å². The second-order valence-corrected chi connectivity index (χ2v) is 6.51. The fraction of sp³-hybridized carbons (Fsp3) is 0.286. The molecule has 3 amide bonds. The van der Waals surface area contributed by atoms with E-state index in [1.807, 2.05) is 25.1 Å². The molecule has 28 heavy (non-hydrogen) atoms. The summed E-state index contributed by atoms with van der Waals surface area (Å²) in [5.74, 6) is -0.585. The highest BCUT2D eigenvalue weighted by Gasteiger charge is 2.10. The Morgan fingerprint density at radius 3 is 2.36 bits per heavy atom. The van der Waals surface area contributed by atoms with Crippen molar-refractivity contribution in [1.29, 1.82) is 0 Å². The lowest BCUT2D eigenvalue weighted by Gasteiger charge is -2.10. The van der Waals surface area contributed by atoms with Gasteiger partial charge in [-0.2, -0.15) is 0 Å². The van der Waals surface area contributed by atoms with E-state index in [1.54, 1.807) is 44.2 Å². The van der Waals surface area contributed by atoms with E-state index in [0.29, 0.717) is 17.0 Å². The molecule has 7 nitrogen and oxygen atoms in total. The minimum atomic E-state index is -0.476. The maximum Gasteiger partial charge on any atom is 0.276 e. The third-order valence-corrected chi connectivity index (χ3v) is 3.93. The zero-order chi connectivity index (χ0) is 20.5. The number of ether oxygens (including phenoxy) is 1. The van der Waals surface area contributed by atoms with Crippen molar-refractivity contribution in [2.24, 2.45) is 5.92 Å². The molecule has 0 aliphatic rings. The van der Waals surface area contributed by atoms with E-state index in [0.717, 1.165) is 12.0 Å². The zero-order valence-corrected chi connectivity index (χ0v) is 16.2. The Labute approximate surface area is 164 Å². The number of nitrogens with one attached hydrogen (secondary N) is 3. The Balaban J connectivity index is 1.79. The van der Waals surface area contributed by atoms with Crippen LogP contribution >= 0.6 is 0 Å². The smallest absolute Gasteiger partial charge is 0.276 e. The first-order chi connectivity index (χ1) is 13.4. The van der Waals surface area contributed by atoms with Crippen LogP contribution < -0.4 is 20.9 Å². The van der Waals surface area contributed by atoms with Crippen molar-refractivity contribution in [2.75, 3.05) is 11.9 Å². The first-order valence-electron chi connectivity index (χ1n) is 9.11. The van der Waals surface area contributed by atoms with Crippen molar-refractivity contribution in [1.82, 2.24) is 10.9 Å². The summed E-state index contributed by atoms with van der Waals surface area (Å²) >= 11 is 0. The molecule has 148 valence electrons. The Kier molecular flexibility index (Phi) is 7.56. The molecule has 0 bridgehead atoms. The van der Waals surface area contributed by atoms with Gasteiger partial charge in [-0.3, -0.25) is 25.2 Å². The molecule has 0 fully saturated rings. The second-order valence-electron chi connectivity index (χ2n) is 6.51. The molecule has 2 rings (SSSR count). The highest BCUT2D eigenvalue weighted by molar-refractivity contribution is 5.97. The minimum absolute atomic E-state index is 0.103. The summed E-state index contributed by atoms with van der Waals surface area (Å²) in [5, 5.41) is 2.74. The van der Waals surface area contributed by atoms with Gasteiger partial charge in [-0.25, -0.2) is 0 Å². The Morgan fingerprint density at radius 2 is 1.71 bits per heavy atom. The fourth-order valence-corrected chi connectivity index (χ4v) is 2.23. The molecule has 2 aromatic carbocycles. The summed E-state index contributed by atoms with van der Waals surface area (Å²) in [5.41, 5.74) is 6.69. The van der Waals surface area contributed by atoms with Crippen LogP contribution in [0.2, 0.25) is 0 Å². The SMILES string of the molecule is CCc1cccc(OCC(=O)NNC(=O)c2ccc(NC(=O)C(C)C)cc2)c1. The van der Waals surface area contributed by atoms with Crippen LogP contribution in [0.3, 0.4) is 0 Å². The maximum atomic E-state index is 12.1. The predicted octanol–water partition coefficient (Wildman–Crippen LogP) is 2.68. The number of carbonyl (C=O) groups is 3. The maximum absolute atomic E-state index is 12.1. The van der Waals surface area contributed by atoms with Gasteiger partial charge in [-0.05, 0) is 48.4 Å². The number of carbonyl (C=O) groups excluding carboxylic acids is 3. The Bertz CT molecular complexity index is 832. The molecule has 2 aromatic rings. The summed E-state index contributed by atoms with van der Waals surface area (Å²) in [4.78, 5) is 35.6. The van der Waals surface area contributed by atoms with Gasteiger partial charge in [0.25, 0.3) is 11.8 Å². The van der Waals surface area contributed by atoms with Crippen LogP contribution in [-0.2, 0) is 16.0 Å². The van der Waals surface area contributed by atoms with Gasteiger partial charge in [0.15, 0.2) is 6.61 Å². The summed E-state index contributed by atoms with van der Waals surface area (Å²) in [6, 6.07) is 13.8. The summed E-state index contributed by atoms with van der Waals surface area (Å²) in [6.07, 6.45) is 0.874. The highest BCUT2D eigenvalue weighted by Crippen LogP contribution is 2.13. The lowest BCUT2D eigenvalue weighted by atomic mass is 10.1. The van der Waals surface area contributed by atoms with E-state index in [9.17, 15) is 14.4 Å². The second kappa shape index (κ2) is 10.1. The lowest BCUT2D eigenvalue weighted by molar-refractivity contribution is -0.123. The number of anilines is 1. The van der Waals surface area contributed by atoms with Gasteiger partial charge in [0.2, 0.25) is 5.91 Å². The van der Waals surface area contributed by atoms with Crippen molar-refractivity contribution in [2.45, 2.75) is 27.2 Å². The molecule has 0 aliphatic carbocycles. The van der Waals surface area contributed by atoms with Crippen molar-refractivity contribution < 1.29 is 19.1 Å². The standard InChI is InChI=1S/C21H25N3O4/c1-4-15-6-5-7-18(12-15)28-13-19(25)23-24-21(27)16-8-10-17(11-9-16)22-20(26)14(2)3/h5-12,14H,4,13H2,1-3H3,(H,22,26)(H,23,25)(H,24,27). The third kappa shape index (κ3) is 6.42. The number of rotatable bonds is 7. The molecule has 0 aliphatic heterocycles. The molecular weight excluding hydrogens is 358 g/mol. The third-order valence-electron chi connectivity index (χ3n) is 3.93. The molecule has 0 atom stereocenters. The molecule has 3 N–H and O–H groups in total. The Morgan fingerprint density at radius 1 is 1.00 bits per heavy atom. The van der Waals surface area contributed by atoms with Crippen LogP contribution in [-0.4, -0.2) is 24.3 Å². The average molecular weight is 383 g/mol. The number of benzene rings is 2. The fourth-order valence-electron chi connectivity index (χ4n) is 2.23. The van der Waals surface area contributed by atoms with Crippen LogP contribution in [0.25, 0.3) is 0 Å². The molecule has 0 unspecified atom stereocenters. The molecule has 0 saturated carbocycles. The van der Waals surface area contributed by atoms with Gasteiger partial charge in [0.1, 0.15) is 5.75 Å². The minimum Gasteiger partial charge on any atom is -0.484 e. The number of hydrazine groups is 1. The molecule has 0 aromatic heterocycles. The number of amides is 3. The van der Waals surface area contributed by atoms with E-state index in [4.69, 9.17) is 4.74 Å². The Hall–Kier alpha value is -3.35. The molecule has 7 heteroatoms. The monoisotopic (exact) mass is 383 g/mol. The van der Waals surface area contributed by atoms with Crippen LogP contribution in [0, 0.1) is 5.92 Å². The van der Waals surface area contributed by atoms with Crippen molar-refractivity contribution >= 4 is 23.4 Å². The van der Waals surface area contributed by atoms with Gasteiger partial charge in [0, 0.05) is 17.2 Å². The molecule has 0 spiro atoms. The van der Waals surface area contributed by atoms with Gasteiger partial charge in [0.05, 0.1) is 0 Å². The van der Waals surface area contributed by atoms with Crippen LogP contribution in [0.4, 0.5) is 5.69 Å². The van der Waals surface area contributed by atoms with Gasteiger partial charge < -0.3 is 10.1 Å². The normalized spacial score (nSPS) is 10.3. The quantitative estimate of drug-likeness (QED) is 0.641. The van der Waals surface area contributed by atoms with E-state index in [2.05, 4.69) is 16.2 Å². The first-order valence-corrected chi connectivity index (χ1v) is 9.11. The van der Waals surface area contributed by atoms with Gasteiger partial charge in [-0.1, -0.05) is 32.9 Å². The number of hydrogen-bond donors (Lipinski definition) is 3. The van der Waals surface area contributed by atoms with Crippen molar-refractivity contribution in [3.05, 3.63) is 59.7 Å². The summed E-state index contributed by atoms with van der Waals surface area (Å²) in [7, 11) is 0. The predicted molar refractivity (Wildman–Crippen MR) is 107 cm³/mol. The van der Waals surface area contributed by atoms with Crippen molar-refractivity contribution in [3.63, 3.8) is 0 Å².